The summed E-state index contributed by atoms with van der Waals surface area (Å²) in [6.45, 7) is 18.1. The van der Waals surface area contributed by atoms with Gasteiger partial charge in [0.05, 0.1) is 42.4 Å². The third kappa shape index (κ3) is 5.89. The minimum atomic E-state index is -0.581. The Morgan fingerprint density at radius 3 is 2.07 bits per heavy atom. The van der Waals surface area contributed by atoms with Crippen molar-refractivity contribution in [3.05, 3.63) is 0 Å². The molecule has 0 spiro atoms. The van der Waals surface area contributed by atoms with E-state index in [1.54, 1.807) is 0 Å². The van der Waals surface area contributed by atoms with E-state index in [4.69, 9.17) is 19.0 Å². The number of hydrogen-bond donors (Lipinski definition) is 1. The smallest absolute Gasteiger partial charge is 0.311 e. The summed E-state index contributed by atoms with van der Waals surface area (Å²) in [6, 6.07) is -0.156. The second-order valence-corrected chi connectivity index (χ2v) is 10.9. The van der Waals surface area contributed by atoms with Crippen LogP contribution in [0.2, 0.25) is 0 Å². The van der Waals surface area contributed by atoms with Crippen molar-refractivity contribution in [2.45, 2.75) is 97.9 Å². The van der Waals surface area contributed by atoms with E-state index in [1.807, 2.05) is 67.4 Å². The predicted molar refractivity (Wildman–Crippen MR) is 106 cm³/mol. The molecule has 5 atom stereocenters. The second kappa shape index (κ2) is 8.19. The van der Waals surface area contributed by atoms with Gasteiger partial charge in [-0.1, -0.05) is 0 Å². The van der Waals surface area contributed by atoms with Gasteiger partial charge in [0.15, 0.2) is 0 Å². The highest BCUT2D eigenvalue weighted by Gasteiger charge is 2.57. The van der Waals surface area contributed by atoms with Crippen molar-refractivity contribution in [3.63, 3.8) is 0 Å². The zero-order valence-electron chi connectivity index (χ0n) is 18.9. The highest BCUT2D eigenvalue weighted by Crippen LogP contribution is 2.40. The molecule has 0 radical (unpaired) electrons. The number of hydrogen-bond acceptors (Lipinski definition) is 7. The van der Waals surface area contributed by atoms with E-state index < -0.39 is 11.5 Å². The summed E-state index contributed by atoms with van der Waals surface area (Å²) in [4.78, 5) is 18.3. The zero-order valence-corrected chi connectivity index (χ0v) is 18.9. The fourth-order valence-electron chi connectivity index (χ4n) is 3.70. The summed E-state index contributed by atoms with van der Waals surface area (Å²) in [5, 5.41) is 11.7. The molecule has 0 amide bonds. The lowest BCUT2D eigenvalue weighted by Gasteiger charge is -2.36. The number of carbonyl (C=O) groups is 1. The predicted octanol–water partition coefficient (Wildman–Crippen LogP) is 2.55. The molecular formula is C21H39NO6. The van der Waals surface area contributed by atoms with Gasteiger partial charge in [-0.3, -0.25) is 9.63 Å². The van der Waals surface area contributed by atoms with Crippen molar-refractivity contribution >= 4 is 5.97 Å². The first-order valence-electron chi connectivity index (χ1n) is 10.2. The average molecular weight is 402 g/mol. The first-order chi connectivity index (χ1) is 12.6. The Morgan fingerprint density at radius 2 is 1.61 bits per heavy atom. The Labute approximate surface area is 169 Å². The Morgan fingerprint density at radius 1 is 1.04 bits per heavy atom. The Balaban J connectivity index is 2.23. The van der Waals surface area contributed by atoms with Gasteiger partial charge >= 0.3 is 5.97 Å². The van der Waals surface area contributed by atoms with Gasteiger partial charge in [0.2, 0.25) is 0 Å². The van der Waals surface area contributed by atoms with Crippen molar-refractivity contribution in [1.29, 1.82) is 0 Å². The minimum absolute atomic E-state index is 0.141. The minimum Gasteiger partial charge on any atom is -0.465 e. The van der Waals surface area contributed by atoms with Gasteiger partial charge < -0.3 is 19.3 Å². The number of rotatable bonds is 5. The van der Waals surface area contributed by atoms with Crippen LogP contribution >= 0.6 is 0 Å². The van der Waals surface area contributed by atoms with Crippen LogP contribution in [0.1, 0.15) is 62.3 Å². The van der Waals surface area contributed by atoms with Crippen molar-refractivity contribution in [2.24, 2.45) is 11.3 Å². The van der Waals surface area contributed by atoms with Crippen LogP contribution in [0.15, 0.2) is 0 Å². The van der Waals surface area contributed by atoms with Gasteiger partial charge in [0.25, 0.3) is 0 Å². The molecule has 0 aliphatic carbocycles. The molecule has 2 rings (SSSR count). The van der Waals surface area contributed by atoms with Crippen LogP contribution in [-0.2, 0) is 23.8 Å². The maximum atomic E-state index is 12.3. The van der Waals surface area contributed by atoms with Crippen LogP contribution in [0.4, 0.5) is 0 Å². The molecule has 2 aliphatic rings. The molecule has 7 nitrogen and oxygen atoms in total. The lowest BCUT2D eigenvalue weighted by atomic mass is 9.91. The maximum absolute atomic E-state index is 12.3. The normalized spacial score (nSPS) is 31.9. The van der Waals surface area contributed by atoms with Crippen LogP contribution in [0.5, 0.6) is 0 Å². The molecular weight excluding hydrogens is 362 g/mol. The van der Waals surface area contributed by atoms with Crippen LogP contribution in [-0.4, -0.2) is 71.5 Å². The first-order valence-corrected chi connectivity index (χ1v) is 10.2. The van der Waals surface area contributed by atoms with E-state index in [1.165, 1.54) is 0 Å². The number of ether oxygens (including phenoxy) is 3. The third-order valence-electron chi connectivity index (χ3n) is 4.78. The Bertz CT molecular complexity index is 545. The molecule has 0 unspecified atom stereocenters. The van der Waals surface area contributed by atoms with Crippen LogP contribution < -0.4 is 0 Å². The summed E-state index contributed by atoms with van der Waals surface area (Å²) in [5.41, 5.74) is -1.28. The number of fused-ring (bicyclic) bond motifs is 1. The molecule has 164 valence electrons. The summed E-state index contributed by atoms with van der Waals surface area (Å²) in [7, 11) is 0. The Kier molecular flexibility index (Phi) is 6.88. The van der Waals surface area contributed by atoms with E-state index >= 15 is 0 Å². The van der Waals surface area contributed by atoms with Crippen molar-refractivity contribution < 1.29 is 28.9 Å². The maximum Gasteiger partial charge on any atom is 0.311 e. The van der Waals surface area contributed by atoms with Crippen molar-refractivity contribution in [2.75, 3.05) is 19.8 Å². The topological polar surface area (TPSA) is 77.5 Å². The summed E-state index contributed by atoms with van der Waals surface area (Å²) < 4.78 is 18.3. The number of carbonyl (C=O) groups excluding carboxylic acids is 1. The standard InChI is InChI=1S/C21H39NO6/c1-19(2,3)18(24)25-12-13-15(11-23)28-22-10-14(26-20(4,5)6)17(16(13)22)27-21(7,8)9/h13-17,23H,10-12H2,1-9H3/t13-,14-,15+,16-,17+/m0/s1. The number of hydroxylamine groups is 2. The largest absolute Gasteiger partial charge is 0.465 e. The lowest BCUT2D eigenvalue weighted by Crippen LogP contribution is -2.48. The number of aliphatic hydroxyl groups is 1. The van der Waals surface area contributed by atoms with Crippen LogP contribution in [0, 0.1) is 11.3 Å². The van der Waals surface area contributed by atoms with Gasteiger partial charge in [-0.2, -0.15) is 5.06 Å². The fourth-order valence-corrected chi connectivity index (χ4v) is 3.70. The van der Waals surface area contributed by atoms with E-state index in [-0.39, 0.29) is 54.6 Å². The second-order valence-electron chi connectivity index (χ2n) is 10.9. The molecule has 2 fully saturated rings. The number of nitrogens with zero attached hydrogens (tertiary/aromatic N) is 1. The third-order valence-corrected chi connectivity index (χ3v) is 4.78. The lowest BCUT2D eigenvalue weighted by molar-refractivity contribution is -0.172. The molecule has 28 heavy (non-hydrogen) atoms. The van der Waals surface area contributed by atoms with Gasteiger partial charge in [-0.15, -0.1) is 0 Å². The zero-order chi connectivity index (χ0) is 21.5. The number of aliphatic hydroxyl groups excluding tert-OH is 1. The monoisotopic (exact) mass is 401 g/mol. The molecule has 0 aromatic rings. The van der Waals surface area contributed by atoms with Gasteiger partial charge in [0, 0.05) is 5.92 Å². The molecule has 2 aliphatic heterocycles. The average Bonchev–Trinajstić information content (AvgIpc) is 2.97. The molecule has 0 saturated carbocycles. The molecule has 2 saturated heterocycles. The fraction of sp³-hybridized carbons (Fsp3) is 0.952. The van der Waals surface area contributed by atoms with Gasteiger partial charge in [-0.25, -0.2) is 0 Å². The summed E-state index contributed by atoms with van der Waals surface area (Å²) in [5.74, 6) is -0.464. The van der Waals surface area contributed by atoms with Crippen molar-refractivity contribution in [3.8, 4) is 0 Å². The van der Waals surface area contributed by atoms with E-state index in [2.05, 4.69) is 0 Å². The van der Waals surface area contributed by atoms with E-state index in [0.29, 0.717) is 6.54 Å². The van der Waals surface area contributed by atoms with Crippen LogP contribution in [0.3, 0.4) is 0 Å². The summed E-state index contributed by atoms with van der Waals surface area (Å²) >= 11 is 0. The van der Waals surface area contributed by atoms with Gasteiger partial charge in [-0.05, 0) is 62.3 Å². The molecule has 2 heterocycles. The van der Waals surface area contributed by atoms with E-state index in [0.717, 1.165) is 0 Å². The molecule has 7 heteroatoms. The molecule has 0 aromatic heterocycles. The highest BCUT2D eigenvalue weighted by molar-refractivity contribution is 5.75. The first kappa shape index (κ1) is 23.5. The summed E-state index contributed by atoms with van der Waals surface area (Å²) in [6.07, 6.45) is -0.863. The molecule has 0 bridgehead atoms. The highest BCUT2D eigenvalue weighted by atomic mass is 16.7. The Hall–Kier alpha value is -0.730. The van der Waals surface area contributed by atoms with Crippen molar-refractivity contribution in [1.82, 2.24) is 5.06 Å². The SMILES string of the molecule is CC(C)(C)O[C@H]1[C@@H]2[C@@H](COC(=O)C(C)(C)C)[C@@H](CO)ON2C[C@@H]1OC(C)(C)C. The molecule has 1 N–H and O–H groups in total. The quantitative estimate of drug-likeness (QED) is 0.709. The van der Waals surface area contributed by atoms with Gasteiger partial charge in [0.1, 0.15) is 18.3 Å². The van der Waals surface area contributed by atoms with Crippen LogP contribution in [0.25, 0.3) is 0 Å². The van der Waals surface area contributed by atoms with E-state index in [9.17, 15) is 9.90 Å². The molecule has 0 aromatic carbocycles. The number of esters is 1.